The average molecular weight is 445 g/mol. The van der Waals surface area contributed by atoms with Crippen LogP contribution in [0.25, 0.3) is 28.2 Å². The molecule has 0 N–H and O–H groups in total. The van der Waals surface area contributed by atoms with Gasteiger partial charge in [-0.3, -0.25) is 9.38 Å². The predicted molar refractivity (Wildman–Crippen MR) is 119 cm³/mol. The number of pyridine rings is 2. The molecule has 0 aliphatic rings. The molecule has 0 spiro atoms. The van der Waals surface area contributed by atoms with E-state index < -0.39 is 11.6 Å². The lowest BCUT2D eigenvalue weighted by atomic mass is 10.1. The van der Waals surface area contributed by atoms with E-state index in [1.165, 1.54) is 30.3 Å². The number of nitrogens with zero attached hydrogens (tertiary/aromatic N) is 3. The summed E-state index contributed by atoms with van der Waals surface area (Å²) >= 11 is 0. The van der Waals surface area contributed by atoms with Crippen LogP contribution in [0.3, 0.4) is 0 Å². The molecular weight excluding hydrogens is 427 g/mol. The first kappa shape index (κ1) is 20.8. The van der Waals surface area contributed by atoms with Gasteiger partial charge in [0.05, 0.1) is 22.6 Å². The first-order valence-electron chi connectivity index (χ1n) is 10.3. The van der Waals surface area contributed by atoms with Crippen molar-refractivity contribution < 1.29 is 17.9 Å². The van der Waals surface area contributed by atoms with E-state index in [1.807, 2.05) is 29.7 Å². The number of benzene rings is 2. The van der Waals surface area contributed by atoms with Gasteiger partial charge in [-0.15, -0.1) is 0 Å². The largest absolute Gasteiger partial charge is 0.485 e. The van der Waals surface area contributed by atoms with Gasteiger partial charge in [0.25, 0.3) is 0 Å². The Kier molecular flexibility index (Phi) is 5.30. The highest BCUT2D eigenvalue weighted by molar-refractivity contribution is 5.73. The van der Waals surface area contributed by atoms with Gasteiger partial charge in [0.1, 0.15) is 24.1 Å². The molecule has 0 amide bonds. The fraction of sp³-hybridized carbons (Fsp3) is 0.0769. The van der Waals surface area contributed by atoms with E-state index in [0.717, 1.165) is 22.5 Å². The number of rotatable bonds is 5. The molecule has 33 heavy (non-hydrogen) atoms. The minimum Gasteiger partial charge on any atom is -0.485 e. The third-order valence-corrected chi connectivity index (χ3v) is 5.40. The molecule has 0 aliphatic heterocycles. The van der Waals surface area contributed by atoms with E-state index in [9.17, 15) is 13.2 Å². The number of fused-ring (bicyclic) bond motifs is 1. The lowest BCUT2D eigenvalue weighted by Crippen LogP contribution is -2.03. The summed E-state index contributed by atoms with van der Waals surface area (Å²) in [4.78, 5) is 9.05. The highest BCUT2D eigenvalue weighted by atomic mass is 19.1. The van der Waals surface area contributed by atoms with Gasteiger partial charge in [-0.1, -0.05) is 6.07 Å². The number of hydrogen-bond donors (Lipinski definition) is 0. The Morgan fingerprint density at radius 3 is 2.39 bits per heavy atom. The zero-order valence-electron chi connectivity index (χ0n) is 17.6. The second kappa shape index (κ2) is 8.43. The van der Waals surface area contributed by atoms with E-state index in [2.05, 4.69) is 9.97 Å². The third-order valence-electron chi connectivity index (χ3n) is 5.40. The van der Waals surface area contributed by atoms with Gasteiger partial charge in [-0.2, -0.15) is 0 Å². The molecule has 3 aromatic heterocycles. The van der Waals surface area contributed by atoms with Crippen molar-refractivity contribution in [2.45, 2.75) is 13.5 Å². The topological polar surface area (TPSA) is 39.4 Å². The maximum absolute atomic E-state index is 14.0. The van der Waals surface area contributed by atoms with E-state index in [-0.39, 0.29) is 18.0 Å². The molecule has 0 atom stereocenters. The molecule has 0 saturated heterocycles. The Bertz CT molecular complexity index is 1440. The van der Waals surface area contributed by atoms with Gasteiger partial charge >= 0.3 is 0 Å². The first-order chi connectivity index (χ1) is 16.0. The second-order valence-corrected chi connectivity index (χ2v) is 7.54. The first-order valence-corrected chi connectivity index (χ1v) is 10.3. The molecular formula is C26H18F3N3O. The Labute approximate surface area is 188 Å². The maximum atomic E-state index is 14.0. The Morgan fingerprint density at radius 2 is 1.64 bits per heavy atom. The number of aryl methyl sites for hydroxylation is 1. The number of hydrogen-bond acceptors (Lipinski definition) is 3. The SMILES string of the molecule is Cc1nc2c(OCc3c(F)cccc3F)cccn2c1-c1ccnc(-c2ccc(F)cc2)c1. The fourth-order valence-electron chi connectivity index (χ4n) is 3.79. The molecule has 5 aromatic rings. The zero-order chi connectivity index (χ0) is 22.9. The molecule has 7 heteroatoms. The van der Waals surface area contributed by atoms with Crippen LogP contribution in [0.4, 0.5) is 13.2 Å². The molecule has 164 valence electrons. The smallest absolute Gasteiger partial charge is 0.180 e. The summed E-state index contributed by atoms with van der Waals surface area (Å²) in [5.74, 6) is -1.22. The van der Waals surface area contributed by atoms with Crippen LogP contribution >= 0.6 is 0 Å². The van der Waals surface area contributed by atoms with Crippen LogP contribution in [0.15, 0.2) is 79.1 Å². The van der Waals surface area contributed by atoms with Gasteiger partial charge in [0.2, 0.25) is 0 Å². The molecule has 0 aliphatic carbocycles. The van der Waals surface area contributed by atoms with E-state index in [0.29, 0.717) is 17.1 Å². The molecule has 0 bridgehead atoms. The van der Waals surface area contributed by atoms with Gasteiger partial charge in [-0.05, 0) is 67.6 Å². The van der Waals surface area contributed by atoms with Crippen molar-refractivity contribution in [3.8, 4) is 28.3 Å². The van der Waals surface area contributed by atoms with Gasteiger partial charge in [0.15, 0.2) is 11.4 Å². The summed E-state index contributed by atoms with van der Waals surface area (Å²) in [7, 11) is 0. The van der Waals surface area contributed by atoms with E-state index in [1.54, 1.807) is 30.5 Å². The van der Waals surface area contributed by atoms with Crippen molar-refractivity contribution in [3.63, 3.8) is 0 Å². The van der Waals surface area contributed by atoms with Crippen LogP contribution in [0.5, 0.6) is 5.75 Å². The van der Waals surface area contributed by atoms with Crippen molar-refractivity contribution >= 4 is 5.65 Å². The number of imidazole rings is 1. The highest BCUT2D eigenvalue weighted by Gasteiger charge is 2.16. The molecule has 4 nitrogen and oxygen atoms in total. The Hall–Kier alpha value is -4.13. The van der Waals surface area contributed by atoms with Crippen LogP contribution in [0.1, 0.15) is 11.3 Å². The number of ether oxygens (including phenoxy) is 1. The summed E-state index contributed by atoms with van der Waals surface area (Å²) in [6.45, 7) is 1.62. The fourth-order valence-corrected chi connectivity index (χ4v) is 3.79. The van der Waals surface area contributed by atoms with Crippen molar-refractivity contribution in [3.05, 3.63) is 108 Å². The highest BCUT2D eigenvalue weighted by Crippen LogP contribution is 2.31. The summed E-state index contributed by atoms with van der Waals surface area (Å²) < 4.78 is 48.9. The quantitative estimate of drug-likeness (QED) is 0.316. The predicted octanol–water partition coefficient (Wildman–Crippen LogP) is 6.37. The molecule has 0 unspecified atom stereocenters. The van der Waals surface area contributed by atoms with Crippen molar-refractivity contribution in [1.29, 1.82) is 0 Å². The van der Waals surface area contributed by atoms with Crippen LogP contribution in [-0.4, -0.2) is 14.4 Å². The average Bonchev–Trinajstić information content (AvgIpc) is 3.16. The van der Waals surface area contributed by atoms with E-state index >= 15 is 0 Å². The third kappa shape index (κ3) is 3.93. The lowest BCUT2D eigenvalue weighted by molar-refractivity contribution is 0.294. The van der Waals surface area contributed by atoms with E-state index in [4.69, 9.17) is 4.74 Å². The van der Waals surface area contributed by atoms with Crippen LogP contribution in [0.2, 0.25) is 0 Å². The Morgan fingerprint density at radius 1 is 0.879 bits per heavy atom. The molecule has 5 rings (SSSR count). The van der Waals surface area contributed by atoms with Crippen molar-refractivity contribution in [2.75, 3.05) is 0 Å². The zero-order valence-corrected chi connectivity index (χ0v) is 17.6. The van der Waals surface area contributed by atoms with Crippen molar-refractivity contribution in [1.82, 2.24) is 14.4 Å². The monoisotopic (exact) mass is 445 g/mol. The summed E-state index contributed by atoms with van der Waals surface area (Å²) in [6, 6.07) is 17.1. The van der Waals surface area contributed by atoms with Crippen molar-refractivity contribution in [2.24, 2.45) is 0 Å². The molecule has 0 fully saturated rings. The van der Waals surface area contributed by atoms with Crippen LogP contribution in [0, 0.1) is 24.4 Å². The minimum atomic E-state index is -0.660. The summed E-state index contributed by atoms with van der Waals surface area (Å²) in [5, 5.41) is 0. The van der Waals surface area contributed by atoms with Gasteiger partial charge < -0.3 is 4.74 Å². The standard InChI is InChI=1S/C26H18F3N3O/c1-16-25(18-11-12-30-23(14-18)17-7-9-19(27)10-8-17)32-13-3-6-24(26(32)31-16)33-15-20-21(28)4-2-5-22(20)29/h2-14H,15H2,1H3. The van der Waals surface area contributed by atoms with Crippen LogP contribution < -0.4 is 4.74 Å². The number of aromatic nitrogens is 3. The maximum Gasteiger partial charge on any atom is 0.180 e. The number of halogens is 3. The second-order valence-electron chi connectivity index (χ2n) is 7.54. The lowest BCUT2D eigenvalue weighted by Gasteiger charge is -2.10. The summed E-state index contributed by atoms with van der Waals surface area (Å²) in [6.07, 6.45) is 3.54. The van der Waals surface area contributed by atoms with Gasteiger partial charge in [0, 0.05) is 23.5 Å². The molecule has 0 radical (unpaired) electrons. The van der Waals surface area contributed by atoms with Crippen LogP contribution in [-0.2, 0) is 6.61 Å². The normalized spacial score (nSPS) is 11.2. The Balaban J connectivity index is 1.53. The molecule has 0 saturated carbocycles. The molecule has 2 aromatic carbocycles. The van der Waals surface area contributed by atoms with Gasteiger partial charge in [-0.25, -0.2) is 18.2 Å². The minimum absolute atomic E-state index is 0.138. The summed E-state index contributed by atoms with van der Waals surface area (Å²) in [5.41, 5.74) is 4.33. The molecule has 3 heterocycles.